The van der Waals surface area contributed by atoms with E-state index in [-0.39, 0.29) is 29.8 Å². The molecule has 1 aliphatic rings. The molecule has 1 saturated heterocycles. The van der Waals surface area contributed by atoms with Crippen molar-refractivity contribution in [3.63, 3.8) is 0 Å². The first-order chi connectivity index (χ1) is 18.3. The number of hydrogen-bond donors (Lipinski definition) is 0. The first kappa shape index (κ1) is 26.7. The Morgan fingerprint density at radius 2 is 1.58 bits per heavy atom. The van der Waals surface area contributed by atoms with Crippen molar-refractivity contribution in [2.45, 2.75) is 19.0 Å². The number of carbonyl (C=O) groups is 4. The lowest BCUT2D eigenvalue weighted by Crippen LogP contribution is -2.45. The zero-order valence-corrected chi connectivity index (χ0v) is 21.7. The van der Waals surface area contributed by atoms with E-state index in [0.29, 0.717) is 22.1 Å². The molecular formula is C28H25ClN2O7. The number of anilines is 1. The van der Waals surface area contributed by atoms with Crippen molar-refractivity contribution in [3.05, 3.63) is 88.4 Å². The number of benzene rings is 3. The fourth-order valence-corrected chi connectivity index (χ4v) is 4.46. The van der Waals surface area contributed by atoms with Gasteiger partial charge in [0, 0.05) is 17.1 Å². The van der Waals surface area contributed by atoms with Gasteiger partial charge in [0.15, 0.2) is 11.5 Å². The average Bonchev–Trinajstić information content (AvgIpc) is 3.24. The monoisotopic (exact) mass is 536 g/mol. The second-order valence-corrected chi connectivity index (χ2v) is 8.83. The Morgan fingerprint density at radius 1 is 0.921 bits per heavy atom. The van der Waals surface area contributed by atoms with E-state index >= 15 is 0 Å². The number of hydrogen-bond acceptors (Lipinski definition) is 7. The van der Waals surface area contributed by atoms with Gasteiger partial charge in [-0.1, -0.05) is 29.8 Å². The van der Waals surface area contributed by atoms with E-state index in [4.69, 9.17) is 25.8 Å². The van der Waals surface area contributed by atoms with Crippen LogP contribution in [0.25, 0.3) is 0 Å². The fourth-order valence-electron chi connectivity index (χ4n) is 4.26. The summed E-state index contributed by atoms with van der Waals surface area (Å²) in [6.45, 7) is -0.00828. The summed E-state index contributed by atoms with van der Waals surface area (Å²) in [5.74, 6) is -1.29. The van der Waals surface area contributed by atoms with Crippen LogP contribution in [0.4, 0.5) is 5.69 Å². The third-order valence-electron chi connectivity index (χ3n) is 6.24. The van der Waals surface area contributed by atoms with Crippen LogP contribution in [-0.2, 0) is 20.9 Å². The molecule has 1 atom stereocenters. The molecule has 1 unspecified atom stereocenters. The highest BCUT2D eigenvalue weighted by molar-refractivity contribution is 6.31. The van der Waals surface area contributed by atoms with Crippen LogP contribution in [0, 0.1) is 0 Å². The lowest BCUT2D eigenvalue weighted by atomic mass is 10.1. The van der Waals surface area contributed by atoms with Gasteiger partial charge in [0.1, 0.15) is 6.04 Å². The molecule has 1 aliphatic heterocycles. The Labute approximate surface area is 224 Å². The summed E-state index contributed by atoms with van der Waals surface area (Å²) < 4.78 is 15.3. The zero-order valence-electron chi connectivity index (χ0n) is 21.0. The average molecular weight is 537 g/mol. The van der Waals surface area contributed by atoms with Crippen LogP contribution < -0.4 is 14.4 Å². The smallest absolute Gasteiger partial charge is 0.337 e. The van der Waals surface area contributed by atoms with Crippen LogP contribution >= 0.6 is 11.6 Å². The molecule has 4 rings (SSSR count). The first-order valence-electron chi connectivity index (χ1n) is 11.6. The summed E-state index contributed by atoms with van der Waals surface area (Å²) in [5.41, 5.74) is 1.42. The topological polar surface area (TPSA) is 102 Å². The van der Waals surface area contributed by atoms with Gasteiger partial charge < -0.3 is 19.1 Å². The molecule has 0 N–H and O–H groups in total. The van der Waals surface area contributed by atoms with Crippen molar-refractivity contribution in [1.82, 2.24) is 4.90 Å². The molecule has 38 heavy (non-hydrogen) atoms. The summed E-state index contributed by atoms with van der Waals surface area (Å²) in [4.78, 5) is 54.6. The number of nitrogens with zero attached hydrogens (tertiary/aromatic N) is 2. The molecule has 1 heterocycles. The summed E-state index contributed by atoms with van der Waals surface area (Å²) in [5, 5.41) is 0.421. The maximum absolute atomic E-state index is 13.8. The van der Waals surface area contributed by atoms with E-state index < -0.39 is 29.7 Å². The molecule has 0 spiro atoms. The SMILES string of the molecule is COC(=O)c1ccc(N2C(=O)CC(N(Cc3ccccc3Cl)C(=O)c3ccc(OC)c(OC)c3)C2=O)cc1. The fraction of sp³-hybridized carbons (Fsp3) is 0.214. The van der Waals surface area contributed by atoms with Gasteiger partial charge in [-0.25, -0.2) is 9.69 Å². The molecule has 0 bridgehead atoms. The van der Waals surface area contributed by atoms with Crippen LogP contribution in [0.1, 0.15) is 32.7 Å². The van der Waals surface area contributed by atoms with Gasteiger partial charge in [0.25, 0.3) is 11.8 Å². The Balaban J connectivity index is 1.70. The Bertz CT molecular complexity index is 1390. The maximum Gasteiger partial charge on any atom is 0.337 e. The summed E-state index contributed by atoms with van der Waals surface area (Å²) >= 11 is 6.38. The highest BCUT2D eigenvalue weighted by Gasteiger charge is 2.44. The molecule has 196 valence electrons. The molecule has 10 heteroatoms. The molecule has 3 amide bonds. The minimum atomic E-state index is -1.08. The van der Waals surface area contributed by atoms with Crippen molar-refractivity contribution >= 4 is 41.0 Å². The molecular weight excluding hydrogens is 512 g/mol. The lowest BCUT2D eigenvalue weighted by Gasteiger charge is -2.28. The molecule has 0 aromatic heterocycles. The van der Waals surface area contributed by atoms with E-state index in [0.717, 1.165) is 4.90 Å². The molecule has 0 saturated carbocycles. The van der Waals surface area contributed by atoms with Crippen molar-refractivity contribution in [1.29, 1.82) is 0 Å². The molecule has 9 nitrogen and oxygen atoms in total. The number of halogens is 1. The molecule has 3 aromatic rings. The zero-order chi connectivity index (χ0) is 27.4. The van der Waals surface area contributed by atoms with Crippen LogP contribution in [0.3, 0.4) is 0 Å². The Kier molecular flexibility index (Phi) is 7.97. The second-order valence-electron chi connectivity index (χ2n) is 8.42. The Morgan fingerprint density at radius 3 is 2.21 bits per heavy atom. The number of carbonyl (C=O) groups excluding carboxylic acids is 4. The van der Waals surface area contributed by atoms with E-state index in [9.17, 15) is 19.2 Å². The highest BCUT2D eigenvalue weighted by Crippen LogP contribution is 2.32. The van der Waals surface area contributed by atoms with Gasteiger partial charge in [-0.2, -0.15) is 0 Å². The first-order valence-corrected chi connectivity index (χ1v) is 12.0. The largest absolute Gasteiger partial charge is 0.493 e. The third kappa shape index (κ3) is 5.19. The number of amides is 3. The van der Waals surface area contributed by atoms with Crippen molar-refractivity contribution in [3.8, 4) is 11.5 Å². The summed E-state index contributed by atoms with van der Waals surface area (Å²) in [7, 11) is 4.20. The third-order valence-corrected chi connectivity index (χ3v) is 6.60. The summed E-state index contributed by atoms with van der Waals surface area (Å²) in [6.07, 6.45) is -0.221. The standard InChI is InChI=1S/C28H25ClN2O7/c1-36-23-13-10-18(14-24(23)37-2)26(33)30(16-19-6-4-5-7-21(19)29)22-15-25(32)31(27(22)34)20-11-8-17(9-12-20)28(35)38-3/h4-14,22H,15-16H2,1-3H3. The molecule has 1 fully saturated rings. The van der Waals surface area contributed by atoms with Gasteiger partial charge >= 0.3 is 5.97 Å². The minimum absolute atomic E-state index is 0.00828. The summed E-state index contributed by atoms with van der Waals surface area (Å²) in [6, 6.07) is 16.5. The normalized spacial score (nSPS) is 14.8. The van der Waals surface area contributed by atoms with Gasteiger partial charge in [-0.15, -0.1) is 0 Å². The number of imide groups is 1. The van der Waals surface area contributed by atoms with Gasteiger partial charge in [0.05, 0.1) is 39.0 Å². The van der Waals surface area contributed by atoms with Crippen LogP contribution in [-0.4, -0.2) is 56.0 Å². The Hall–Kier alpha value is -4.37. The van der Waals surface area contributed by atoms with E-state index in [1.165, 1.54) is 56.6 Å². The predicted molar refractivity (Wildman–Crippen MR) is 140 cm³/mol. The predicted octanol–water partition coefficient (Wildman–Crippen LogP) is 4.12. The van der Waals surface area contributed by atoms with Gasteiger partial charge in [0.2, 0.25) is 5.91 Å². The lowest BCUT2D eigenvalue weighted by molar-refractivity contribution is -0.122. The van der Waals surface area contributed by atoms with Gasteiger partial charge in [-0.05, 0) is 54.1 Å². The van der Waals surface area contributed by atoms with E-state index in [2.05, 4.69) is 0 Å². The maximum atomic E-state index is 13.8. The molecule has 0 radical (unpaired) electrons. The van der Waals surface area contributed by atoms with E-state index in [1.54, 1.807) is 36.4 Å². The minimum Gasteiger partial charge on any atom is -0.493 e. The number of methoxy groups -OCH3 is 3. The highest BCUT2D eigenvalue weighted by atomic mass is 35.5. The number of ether oxygens (including phenoxy) is 3. The van der Waals surface area contributed by atoms with Crippen molar-refractivity contribution in [2.24, 2.45) is 0 Å². The van der Waals surface area contributed by atoms with Crippen LogP contribution in [0.15, 0.2) is 66.7 Å². The van der Waals surface area contributed by atoms with Crippen LogP contribution in [0.2, 0.25) is 5.02 Å². The van der Waals surface area contributed by atoms with E-state index in [1.807, 2.05) is 0 Å². The number of rotatable bonds is 8. The number of esters is 1. The van der Waals surface area contributed by atoms with Crippen molar-refractivity contribution in [2.75, 3.05) is 26.2 Å². The van der Waals surface area contributed by atoms with Gasteiger partial charge in [-0.3, -0.25) is 14.4 Å². The second kappa shape index (κ2) is 11.4. The molecule has 3 aromatic carbocycles. The van der Waals surface area contributed by atoms with Crippen molar-refractivity contribution < 1.29 is 33.4 Å². The quantitative estimate of drug-likeness (QED) is 0.315. The molecule has 0 aliphatic carbocycles. The van der Waals surface area contributed by atoms with Crippen LogP contribution in [0.5, 0.6) is 11.5 Å².